The Hall–Kier alpha value is -0.940. The molecule has 1 rings (SSSR count). The third-order valence-electron chi connectivity index (χ3n) is 2.54. The number of aromatic nitrogens is 1. The van der Waals surface area contributed by atoms with E-state index in [9.17, 15) is 4.79 Å². The number of thiazole rings is 1. The monoisotopic (exact) mass is 255 g/mol. The van der Waals surface area contributed by atoms with Crippen molar-refractivity contribution in [2.24, 2.45) is 0 Å². The molecule has 0 spiro atoms. The van der Waals surface area contributed by atoms with Crippen LogP contribution in [-0.2, 0) is 6.42 Å². The second kappa shape index (κ2) is 6.71. The van der Waals surface area contributed by atoms with Crippen LogP contribution in [0.4, 0.5) is 0 Å². The van der Waals surface area contributed by atoms with E-state index in [-0.39, 0.29) is 5.91 Å². The maximum atomic E-state index is 12.2. The van der Waals surface area contributed by atoms with E-state index in [0.717, 1.165) is 41.5 Å². The molecule has 0 saturated carbocycles. The molecule has 4 nitrogen and oxygen atoms in total. The van der Waals surface area contributed by atoms with Crippen LogP contribution in [0.15, 0.2) is 0 Å². The highest BCUT2D eigenvalue weighted by Crippen LogP contribution is 2.20. The lowest BCUT2D eigenvalue weighted by molar-refractivity contribution is 0.0800. The van der Waals surface area contributed by atoms with Crippen molar-refractivity contribution in [1.82, 2.24) is 15.2 Å². The van der Waals surface area contributed by atoms with Crippen molar-refractivity contribution in [1.29, 1.82) is 0 Å². The molecule has 0 unspecified atom stereocenters. The van der Waals surface area contributed by atoms with E-state index in [1.165, 1.54) is 11.3 Å². The fourth-order valence-electron chi connectivity index (χ4n) is 1.53. The van der Waals surface area contributed by atoms with E-state index < -0.39 is 0 Å². The van der Waals surface area contributed by atoms with Crippen LogP contribution in [-0.4, -0.2) is 43.0 Å². The molecule has 0 bridgehead atoms. The lowest BCUT2D eigenvalue weighted by atomic mass is 10.3. The summed E-state index contributed by atoms with van der Waals surface area (Å²) in [7, 11) is 3.72. The van der Waals surface area contributed by atoms with E-state index in [4.69, 9.17) is 0 Å². The molecule has 0 aliphatic rings. The number of likely N-dealkylation sites (N-methyl/N-ethyl adjacent to an activating group) is 2. The minimum absolute atomic E-state index is 0.0811. The zero-order chi connectivity index (χ0) is 12.8. The summed E-state index contributed by atoms with van der Waals surface area (Å²) in [6, 6.07) is 0. The molecule has 0 radical (unpaired) electrons. The first-order valence-electron chi connectivity index (χ1n) is 5.96. The van der Waals surface area contributed by atoms with Gasteiger partial charge in [-0.3, -0.25) is 4.79 Å². The molecule has 0 aliphatic heterocycles. The van der Waals surface area contributed by atoms with Gasteiger partial charge < -0.3 is 10.2 Å². The van der Waals surface area contributed by atoms with Crippen molar-refractivity contribution >= 4 is 17.2 Å². The second-order valence-corrected chi connectivity index (χ2v) is 5.19. The number of nitrogens with one attached hydrogen (secondary N) is 1. The van der Waals surface area contributed by atoms with Crippen LogP contribution < -0.4 is 5.32 Å². The van der Waals surface area contributed by atoms with Gasteiger partial charge in [-0.25, -0.2) is 4.98 Å². The van der Waals surface area contributed by atoms with Gasteiger partial charge in [0.15, 0.2) is 0 Å². The summed E-state index contributed by atoms with van der Waals surface area (Å²) in [5, 5.41) is 4.10. The maximum absolute atomic E-state index is 12.2. The van der Waals surface area contributed by atoms with E-state index in [1.54, 1.807) is 4.90 Å². The third kappa shape index (κ3) is 3.78. The van der Waals surface area contributed by atoms with Gasteiger partial charge in [0.1, 0.15) is 4.88 Å². The summed E-state index contributed by atoms with van der Waals surface area (Å²) in [5.74, 6) is 0.0811. The van der Waals surface area contributed by atoms with Gasteiger partial charge in [-0.05, 0) is 26.8 Å². The van der Waals surface area contributed by atoms with Crippen molar-refractivity contribution in [3.63, 3.8) is 0 Å². The molecule has 1 N–H and O–H groups in total. The molecule has 1 amide bonds. The average Bonchev–Trinajstić information content (AvgIpc) is 2.66. The number of rotatable bonds is 6. The normalized spacial score (nSPS) is 10.6. The summed E-state index contributed by atoms with van der Waals surface area (Å²) in [4.78, 5) is 19.1. The van der Waals surface area contributed by atoms with Crippen LogP contribution in [0.25, 0.3) is 0 Å². The predicted molar refractivity (Wildman–Crippen MR) is 71.7 cm³/mol. The zero-order valence-electron chi connectivity index (χ0n) is 11.0. The largest absolute Gasteiger partial charge is 0.340 e. The Morgan fingerprint density at radius 3 is 2.82 bits per heavy atom. The Kier molecular flexibility index (Phi) is 5.58. The molecule has 1 heterocycles. The third-order valence-corrected chi connectivity index (χ3v) is 3.75. The molecule has 0 aliphatic carbocycles. The zero-order valence-corrected chi connectivity index (χ0v) is 11.9. The quantitative estimate of drug-likeness (QED) is 0.841. The summed E-state index contributed by atoms with van der Waals surface area (Å²) < 4.78 is 0. The summed E-state index contributed by atoms with van der Waals surface area (Å²) in [5.41, 5.74) is 0.861. The topological polar surface area (TPSA) is 45.2 Å². The number of amides is 1. The highest BCUT2D eigenvalue weighted by atomic mass is 32.1. The Morgan fingerprint density at radius 2 is 2.24 bits per heavy atom. The highest BCUT2D eigenvalue weighted by Gasteiger charge is 2.18. The van der Waals surface area contributed by atoms with Crippen LogP contribution in [0.3, 0.4) is 0 Å². The Morgan fingerprint density at radius 1 is 1.53 bits per heavy atom. The van der Waals surface area contributed by atoms with Gasteiger partial charge in [0.2, 0.25) is 0 Å². The fourth-order valence-corrected chi connectivity index (χ4v) is 2.69. The predicted octanol–water partition coefficient (Wildman–Crippen LogP) is 1.70. The number of nitrogens with zero attached hydrogens (tertiary/aromatic N) is 2. The summed E-state index contributed by atoms with van der Waals surface area (Å²) in [6.07, 6.45) is 2.02. The molecule has 1 aromatic heterocycles. The molecule has 0 fully saturated rings. The van der Waals surface area contributed by atoms with E-state index in [0.29, 0.717) is 0 Å². The first-order valence-corrected chi connectivity index (χ1v) is 6.78. The van der Waals surface area contributed by atoms with Gasteiger partial charge in [-0.2, -0.15) is 0 Å². The van der Waals surface area contributed by atoms with Gasteiger partial charge in [0, 0.05) is 20.1 Å². The lowest BCUT2D eigenvalue weighted by Crippen LogP contribution is -2.32. The number of aryl methyl sites for hydroxylation is 2. The van der Waals surface area contributed by atoms with Crippen LogP contribution in [0, 0.1) is 6.92 Å². The average molecular weight is 255 g/mol. The van der Waals surface area contributed by atoms with E-state index in [2.05, 4.69) is 17.2 Å². The molecule has 17 heavy (non-hydrogen) atoms. The number of carbonyl (C=O) groups excluding carboxylic acids is 1. The smallest absolute Gasteiger partial charge is 0.265 e. The van der Waals surface area contributed by atoms with Crippen molar-refractivity contribution in [3.05, 3.63) is 15.6 Å². The van der Waals surface area contributed by atoms with Crippen LogP contribution in [0.1, 0.15) is 33.7 Å². The molecule has 96 valence electrons. The van der Waals surface area contributed by atoms with Gasteiger partial charge in [-0.1, -0.05) is 6.92 Å². The highest BCUT2D eigenvalue weighted by molar-refractivity contribution is 7.13. The molecule has 5 heteroatoms. The Bertz CT molecular complexity index is 376. The molecule has 0 aromatic carbocycles. The molecular formula is C12H21N3OS. The van der Waals surface area contributed by atoms with Crippen LogP contribution >= 0.6 is 11.3 Å². The van der Waals surface area contributed by atoms with Crippen LogP contribution in [0.5, 0.6) is 0 Å². The van der Waals surface area contributed by atoms with Gasteiger partial charge in [0.05, 0.1) is 10.7 Å². The van der Waals surface area contributed by atoms with Gasteiger partial charge >= 0.3 is 0 Å². The minimum Gasteiger partial charge on any atom is -0.340 e. The van der Waals surface area contributed by atoms with Crippen molar-refractivity contribution in [2.45, 2.75) is 26.7 Å². The molecule has 1 aromatic rings. The van der Waals surface area contributed by atoms with Gasteiger partial charge in [0.25, 0.3) is 5.91 Å². The second-order valence-electron chi connectivity index (χ2n) is 4.10. The fraction of sp³-hybridized carbons (Fsp3) is 0.667. The lowest BCUT2D eigenvalue weighted by Gasteiger charge is -2.15. The number of hydrogen-bond acceptors (Lipinski definition) is 4. The minimum atomic E-state index is 0.0811. The van der Waals surface area contributed by atoms with E-state index in [1.807, 2.05) is 21.0 Å². The van der Waals surface area contributed by atoms with Gasteiger partial charge in [-0.15, -0.1) is 11.3 Å². The first-order chi connectivity index (χ1) is 8.10. The van der Waals surface area contributed by atoms with Crippen molar-refractivity contribution in [2.75, 3.05) is 27.2 Å². The van der Waals surface area contributed by atoms with Crippen molar-refractivity contribution in [3.8, 4) is 0 Å². The Balaban J connectivity index is 2.73. The Labute approximate surface area is 107 Å². The van der Waals surface area contributed by atoms with Crippen LogP contribution in [0.2, 0.25) is 0 Å². The van der Waals surface area contributed by atoms with E-state index >= 15 is 0 Å². The summed E-state index contributed by atoms with van der Waals surface area (Å²) >= 11 is 1.53. The summed E-state index contributed by atoms with van der Waals surface area (Å²) in [6.45, 7) is 5.56. The maximum Gasteiger partial charge on any atom is 0.265 e. The standard InChI is InChI=1S/C12H21N3OS/c1-5-6-10-14-9(2)11(17-10)12(16)15(4)8-7-13-3/h13H,5-8H2,1-4H3. The van der Waals surface area contributed by atoms with Crippen molar-refractivity contribution < 1.29 is 4.79 Å². The molecule has 0 atom stereocenters. The number of hydrogen-bond donors (Lipinski definition) is 1. The molecular weight excluding hydrogens is 234 g/mol. The SMILES string of the molecule is CCCc1nc(C)c(C(=O)N(C)CCNC)s1. The molecule has 0 saturated heterocycles. The number of carbonyl (C=O) groups is 1. The first kappa shape index (κ1) is 14.1.